The van der Waals surface area contributed by atoms with E-state index in [0.29, 0.717) is 6.54 Å². The molecule has 3 rings (SSSR count). The van der Waals surface area contributed by atoms with E-state index in [2.05, 4.69) is 32.4 Å². The van der Waals surface area contributed by atoms with Crippen LogP contribution in [0, 0.1) is 0 Å². The largest absolute Gasteiger partial charge is 0.326 e. The van der Waals surface area contributed by atoms with E-state index in [0.717, 1.165) is 23.1 Å². The third-order valence-electron chi connectivity index (χ3n) is 2.58. The fourth-order valence-corrected chi connectivity index (χ4v) is 2.50. The van der Waals surface area contributed by atoms with Crippen LogP contribution >= 0.6 is 11.8 Å². The van der Waals surface area contributed by atoms with Gasteiger partial charge in [0.1, 0.15) is 11.5 Å². The van der Waals surface area contributed by atoms with Gasteiger partial charge in [0.2, 0.25) is 0 Å². The first-order valence-electron chi connectivity index (χ1n) is 5.70. The van der Waals surface area contributed by atoms with Gasteiger partial charge in [-0.1, -0.05) is 18.2 Å². The van der Waals surface area contributed by atoms with Crippen LogP contribution in [0.15, 0.2) is 52.6 Å². The standard InChI is InChI=1S/C13H12N4S/c1-2-4-10(5-3-1)18-9-12-16-8-11-13(17-12)15-7-6-14-11/h1-7H,8-9H2,(H,15,16,17). The Bertz CT molecular complexity index is 568. The lowest BCUT2D eigenvalue weighted by atomic mass is 10.3. The van der Waals surface area contributed by atoms with Crippen LogP contribution in [-0.4, -0.2) is 21.6 Å². The van der Waals surface area contributed by atoms with E-state index < -0.39 is 0 Å². The minimum atomic E-state index is 0.612. The minimum absolute atomic E-state index is 0.612. The van der Waals surface area contributed by atoms with Crippen LogP contribution in [0.25, 0.3) is 0 Å². The number of hydrogen-bond acceptors (Lipinski definition) is 5. The molecular weight excluding hydrogens is 244 g/mol. The van der Waals surface area contributed by atoms with Crippen molar-refractivity contribution in [3.63, 3.8) is 0 Å². The van der Waals surface area contributed by atoms with Gasteiger partial charge in [-0.25, -0.2) is 4.98 Å². The fraction of sp³-hybridized carbons (Fsp3) is 0.154. The number of amidine groups is 1. The molecule has 0 saturated heterocycles. The Morgan fingerprint density at radius 2 is 1.94 bits per heavy atom. The molecule has 0 spiro atoms. The highest BCUT2D eigenvalue weighted by Gasteiger charge is 2.13. The van der Waals surface area contributed by atoms with Gasteiger partial charge in [0.25, 0.3) is 0 Å². The molecule has 1 aromatic carbocycles. The number of thioether (sulfide) groups is 1. The molecule has 0 aliphatic carbocycles. The van der Waals surface area contributed by atoms with Crippen molar-refractivity contribution in [2.45, 2.75) is 11.4 Å². The molecule has 2 aromatic rings. The first kappa shape index (κ1) is 11.2. The molecule has 1 aliphatic rings. The molecule has 90 valence electrons. The normalized spacial score (nSPS) is 13.4. The molecule has 4 nitrogen and oxygen atoms in total. The summed E-state index contributed by atoms with van der Waals surface area (Å²) in [5.41, 5.74) is 0.908. The number of nitrogens with one attached hydrogen (secondary N) is 1. The molecule has 0 amide bonds. The van der Waals surface area contributed by atoms with Crippen molar-refractivity contribution in [2.75, 3.05) is 11.1 Å². The van der Waals surface area contributed by atoms with Crippen LogP contribution in [0.4, 0.5) is 5.82 Å². The van der Waals surface area contributed by atoms with E-state index in [9.17, 15) is 0 Å². The molecule has 1 aromatic heterocycles. The second-order valence-corrected chi connectivity index (χ2v) is 4.89. The molecule has 1 aliphatic heterocycles. The highest BCUT2D eigenvalue weighted by atomic mass is 32.2. The summed E-state index contributed by atoms with van der Waals surface area (Å²) in [5, 5.41) is 3.22. The monoisotopic (exact) mass is 256 g/mol. The number of anilines is 1. The van der Waals surface area contributed by atoms with Gasteiger partial charge in [-0.2, -0.15) is 0 Å². The van der Waals surface area contributed by atoms with Crippen molar-refractivity contribution in [1.82, 2.24) is 9.97 Å². The zero-order valence-electron chi connectivity index (χ0n) is 9.71. The van der Waals surface area contributed by atoms with E-state index in [1.165, 1.54) is 4.90 Å². The summed E-state index contributed by atoms with van der Waals surface area (Å²) in [6.45, 7) is 0.612. The van der Waals surface area contributed by atoms with Crippen molar-refractivity contribution in [2.24, 2.45) is 4.99 Å². The Hall–Kier alpha value is -1.88. The number of aliphatic imine (C=N–C) groups is 1. The van der Waals surface area contributed by atoms with Crippen molar-refractivity contribution in [3.05, 3.63) is 48.4 Å². The lowest BCUT2D eigenvalue weighted by molar-refractivity contribution is 0.948. The van der Waals surface area contributed by atoms with Gasteiger partial charge in [0.15, 0.2) is 5.82 Å². The molecule has 0 saturated carbocycles. The maximum atomic E-state index is 4.47. The van der Waals surface area contributed by atoms with Crippen LogP contribution in [-0.2, 0) is 6.54 Å². The van der Waals surface area contributed by atoms with E-state index >= 15 is 0 Å². The van der Waals surface area contributed by atoms with Gasteiger partial charge in [0.05, 0.1) is 12.3 Å². The lowest BCUT2D eigenvalue weighted by Crippen LogP contribution is -2.21. The summed E-state index contributed by atoms with van der Waals surface area (Å²) in [5.74, 6) is 2.60. The van der Waals surface area contributed by atoms with Crippen LogP contribution < -0.4 is 5.32 Å². The molecule has 0 unspecified atom stereocenters. The molecule has 0 radical (unpaired) electrons. The van der Waals surface area contributed by atoms with E-state index in [1.54, 1.807) is 24.2 Å². The van der Waals surface area contributed by atoms with Gasteiger partial charge in [0, 0.05) is 17.3 Å². The third-order valence-corrected chi connectivity index (χ3v) is 3.60. The van der Waals surface area contributed by atoms with Crippen molar-refractivity contribution >= 4 is 23.4 Å². The zero-order chi connectivity index (χ0) is 12.2. The minimum Gasteiger partial charge on any atom is -0.326 e. The van der Waals surface area contributed by atoms with Crippen molar-refractivity contribution in [1.29, 1.82) is 0 Å². The smallest absolute Gasteiger partial charge is 0.154 e. The van der Waals surface area contributed by atoms with E-state index in [1.807, 2.05) is 18.2 Å². The number of benzene rings is 1. The number of rotatable bonds is 3. The quantitative estimate of drug-likeness (QED) is 0.858. The topological polar surface area (TPSA) is 50.2 Å². The number of hydrogen-bond donors (Lipinski definition) is 1. The maximum Gasteiger partial charge on any atom is 0.154 e. The summed E-state index contributed by atoms with van der Waals surface area (Å²) < 4.78 is 0. The summed E-state index contributed by atoms with van der Waals surface area (Å²) >= 11 is 1.76. The first-order chi connectivity index (χ1) is 8.92. The molecule has 5 heteroatoms. The fourth-order valence-electron chi connectivity index (χ4n) is 1.68. The van der Waals surface area contributed by atoms with Gasteiger partial charge >= 0.3 is 0 Å². The summed E-state index contributed by atoms with van der Waals surface area (Å²) in [4.78, 5) is 14.2. The SMILES string of the molecule is c1ccc(SCC2=NCc3nccnc3N2)cc1. The molecule has 1 N–H and O–H groups in total. The lowest BCUT2D eigenvalue weighted by Gasteiger charge is -2.15. The van der Waals surface area contributed by atoms with Gasteiger partial charge in [-0.05, 0) is 12.1 Å². The molecule has 18 heavy (non-hydrogen) atoms. The second-order valence-electron chi connectivity index (χ2n) is 3.84. The van der Waals surface area contributed by atoms with Gasteiger partial charge in [-0.15, -0.1) is 11.8 Å². The Morgan fingerprint density at radius 1 is 1.11 bits per heavy atom. The Labute approximate surface area is 110 Å². The highest BCUT2D eigenvalue weighted by molar-refractivity contribution is 8.00. The molecule has 0 fully saturated rings. The maximum absolute atomic E-state index is 4.47. The van der Waals surface area contributed by atoms with E-state index in [-0.39, 0.29) is 0 Å². The average Bonchev–Trinajstić information content (AvgIpc) is 2.46. The van der Waals surface area contributed by atoms with E-state index in [4.69, 9.17) is 0 Å². The van der Waals surface area contributed by atoms with Crippen LogP contribution in [0.1, 0.15) is 5.69 Å². The molecular formula is C13H12N4S. The Kier molecular flexibility index (Phi) is 3.23. The van der Waals surface area contributed by atoms with Crippen LogP contribution in [0.5, 0.6) is 0 Å². The summed E-state index contributed by atoms with van der Waals surface area (Å²) in [7, 11) is 0. The summed E-state index contributed by atoms with van der Waals surface area (Å²) in [6.07, 6.45) is 3.39. The Morgan fingerprint density at radius 3 is 2.83 bits per heavy atom. The number of aromatic nitrogens is 2. The van der Waals surface area contributed by atoms with Crippen molar-refractivity contribution in [3.8, 4) is 0 Å². The first-order valence-corrected chi connectivity index (χ1v) is 6.68. The van der Waals surface area contributed by atoms with Crippen molar-refractivity contribution < 1.29 is 0 Å². The highest BCUT2D eigenvalue weighted by Crippen LogP contribution is 2.20. The van der Waals surface area contributed by atoms with Gasteiger partial charge in [-0.3, -0.25) is 9.98 Å². The summed E-state index contributed by atoms with van der Waals surface area (Å²) in [6, 6.07) is 10.3. The zero-order valence-corrected chi connectivity index (χ0v) is 10.5. The average molecular weight is 256 g/mol. The van der Waals surface area contributed by atoms with Crippen LogP contribution in [0.3, 0.4) is 0 Å². The number of nitrogens with zero attached hydrogens (tertiary/aromatic N) is 3. The predicted molar refractivity (Wildman–Crippen MR) is 74.0 cm³/mol. The molecule has 0 bridgehead atoms. The second kappa shape index (κ2) is 5.18. The van der Waals surface area contributed by atoms with Gasteiger partial charge < -0.3 is 5.32 Å². The third kappa shape index (κ3) is 2.51. The number of fused-ring (bicyclic) bond motifs is 1. The van der Waals surface area contributed by atoms with Crippen LogP contribution in [0.2, 0.25) is 0 Å². The molecule has 0 atom stereocenters. The molecule has 2 heterocycles. The predicted octanol–water partition coefficient (Wildman–Crippen LogP) is 2.59. The Balaban J connectivity index is 1.64.